The molecule has 0 bridgehead atoms. The summed E-state index contributed by atoms with van der Waals surface area (Å²) in [6.07, 6.45) is 5.73. The van der Waals surface area contributed by atoms with Crippen molar-refractivity contribution in [3.05, 3.63) is 35.9 Å². The minimum atomic E-state index is -0.971. The normalized spacial score (nSPS) is 21.4. The first-order valence-electron chi connectivity index (χ1n) is 7.11. The number of amides is 1. The molecule has 104 valence electrons. The molecule has 1 saturated carbocycles. The van der Waals surface area contributed by atoms with Gasteiger partial charge in [-0.2, -0.15) is 0 Å². The third-order valence-electron chi connectivity index (χ3n) is 4.22. The quantitative estimate of drug-likeness (QED) is 0.878. The van der Waals surface area contributed by atoms with Crippen molar-refractivity contribution in [3.63, 3.8) is 0 Å². The Morgan fingerprint density at radius 1 is 1.21 bits per heavy atom. The highest BCUT2D eigenvalue weighted by atomic mass is 16.2. The smallest absolute Gasteiger partial charge is 0.244 e. The molecule has 3 nitrogen and oxygen atoms in total. The first kappa shape index (κ1) is 14.1. The summed E-state index contributed by atoms with van der Waals surface area (Å²) >= 11 is 0. The van der Waals surface area contributed by atoms with Crippen molar-refractivity contribution in [2.45, 2.75) is 57.0 Å². The predicted octanol–water partition coefficient (Wildman–Crippen LogP) is 2.70. The van der Waals surface area contributed by atoms with E-state index in [1.54, 1.807) is 6.92 Å². The Bertz CT molecular complexity index is 433. The van der Waals surface area contributed by atoms with Crippen LogP contribution >= 0.6 is 0 Å². The second-order valence-corrected chi connectivity index (χ2v) is 6.14. The van der Waals surface area contributed by atoms with Gasteiger partial charge in [0.05, 0.1) is 0 Å². The van der Waals surface area contributed by atoms with E-state index in [0.29, 0.717) is 0 Å². The van der Waals surface area contributed by atoms with Crippen LogP contribution in [0.3, 0.4) is 0 Å². The number of rotatable bonds is 3. The molecule has 1 aliphatic rings. The maximum atomic E-state index is 12.5. The molecule has 3 N–H and O–H groups in total. The van der Waals surface area contributed by atoms with Crippen LogP contribution in [-0.4, -0.2) is 11.4 Å². The molecule has 1 aliphatic carbocycles. The third-order valence-corrected chi connectivity index (χ3v) is 4.22. The molecule has 3 heteroatoms. The number of carbonyl (C=O) groups excluding carboxylic acids is 1. The Hall–Kier alpha value is -1.35. The van der Waals surface area contributed by atoms with E-state index >= 15 is 0 Å². The van der Waals surface area contributed by atoms with Crippen molar-refractivity contribution < 1.29 is 4.79 Å². The van der Waals surface area contributed by atoms with Crippen LogP contribution < -0.4 is 11.1 Å². The number of benzene rings is 1. The van der Waals surface area contributed by atoms with Gasteiger partial charge >= 0.3 is 0 Å². The van der Waals surface area contributed by atoms with Gasteiger partial charge in [0, 0.05) is 5.54 Å². The average molecular weight is 260 g/mol. The Balaban J connectivity index is 2.10. The zero-order chi connectivity index (χ0) is 13.9. The van der Waals surface area contributed by atoms with E-state index in [-0.39, 0.29) is 11.4 Å². The van der Waals surface area contributed by atoms with E-state index in [0.717, 1.165) is 18.4 Å². The minimum absolute atomic E-state index is 0.0805. The van der Waals surface area contributed by atoms with Crippen LogP contribution in [0.1, 0.15) is 51.5 Å². The van der Waals surface area contributed by atoms with Gasteiger partial charge in [0.25, 0.3) is 0 Å². The number of nitrogens with two attached hydrogens (primary N) is 1. The van der Waals surface area contributed by atoms with Crippen LogP contribution in [0.4, 0.5) is 0 Å². The average Bonchev–Trinajstić information content (AvgIpc) is 2.40. The van der Waals surface area contributed by atoms with Crippen molar-refractivity contribution >= 4 is 5.91 Å². The van der Waals surface area contributed by atoms with Crippen LogP contribution in [0.2, 0.25) is 0 Å². The number of hydrogen-bond acceptors (Lipinski definition) is 2. The summed E-state index contributed by atoms with van der Waals surface area (Å²) in [5, 5.41) is 3.17. The van der Waals surface area contributed by atoms with Crippen molar-refractivity contribution in [2.24, 2.45) is 5.73 Å². The number of hydrogen-bond donors (Lipinski definition) is 2. The standard InChI is InChI=1S/C16H24N2O/c1-15(11-7-4-8-12-15)18-14(19)16(2,17)13-9-5-3-6-10-13/h3,5-6,9-10H,4,7-8,11-12,17H2,1-2H3,(H,18,19). The van der Waals surface area contributed by atoms with Gasteiger partial charge in [0.1, 0.15) is 5.54 Å². The summed E-state index contributed by atoms with van der Waals surface area (Å²) in [4.78, 5) is 12.5. The molecule has 0 spiro atoms. The summed E-state index contributed by atoms with van der Waals surface area (Å²) in [6, 6.07) is 9.57. The molecule has 1 aromatic rings. The molecule has 0 heterocycles. The van der Waals surface area contributed by atoms with Gasteiger partial charge in [-0.25, -0.2) is 0 Å². The maximum Gasteiger partial charge on any atom is 0.244 e. The highest BCUT2D eigenvalue weighted by Crippen LogP contribution is 2.29. The molecule has 0 saturated heterocycles. The molecule has 0 aliphatic heterocycles. The van der Waals surface area contributed by atoms with E-state index in [1.807, 2.05) is 30.3 Å². The van der Waals surface area contributed by atoms with Gasteiger partial charge < -0.3 is 11.1 Å². The van der Waals surface area contributed by atoms with Crippen LogP contribution in [-0.2, 0) is 10.3 Å². The highest BCUT2D eigenvalue weighted by Gasteiger charge is 2.36. The van der Waals surface area contributed by atoms with E-state index < -0.39 is 5.54 Å². The molecule has 1 unspecified atom stereocenters. The van der Waals surface area contributed by atoms with E-state index in [1.165, 1.54) is 19.3 Å². The van der Waals surface area contributed by atoms with Crippen molar-refractivity contribution in [3.8, 4) is 0 Å². The van der Waals surface area contributed by atoms with Crippen LogP contribution in [0, 0.1) is 0 Å². The number of carbonyl (C=O) groups is 1. The lowest BCUT2D eigenvalue weighted by Crippen LogP contribution is -2.56. The Kier molecular flexibility index (Phi) is 3.95. The Labute approximate surface area is 115 Å². The van der Waals surface area contributed by atoms with Crippen molar-refractivity contribution in [1.29, 1.82) is 0 Å². The lowest BCUT2D eigenvalue weighted by Gasteiger charge is -2.37. The summed E-state index contributed by atoms with van der Waals surface area (Å²) in [7, 11) is 0. The summed E-state index contributed by atoms with van der Waals surface area (Å²) < 4.78 is 0. The maximum absolute atomic E-state index is 12.5. The van der Waals surface area contributed by atoms with Gasteiger partial charge in [-0.3, -0.25) is 4.79 Å². The first-order chi connectivity index (χ1) is 8.94. The largest absolute Gasteiger partial charge is 0.349 e. The SMILES string of the molecule is CC1(NC(=O)C(C)(N)c2ccccc2)CCCCC1. The summed E-state index contributed by atoms with van der Waals surface area (Å²) in [5.74, 6) is -0.0805. The zero-order valence-corrected chi connectivity index (χ0v) is 11.9. The van der Waals surface area contributed by atoms with Crippen LogP contribution in [0.15, 0.2) is 30.3 Å². The van der Waals surface area contributed by atoms with Gasteiger partial charge in [-0.05, 0) is 32.3 Å². The number of nitrogens with one attached hydrogen (secondary N) is 1. The molecule has 0 radical (unpaired) electrons. The molecule has 1 amide bonds. The first-order valence-corrected chi connectivity index (χ1v) is 7.11. The van der Waals surface area contributed by atoms with Crippen LogP contribution in [0.25, 0.3) is 0 Å². The Morgan fingerprint density at radius 2 is 1.79 bits per heavy atom. The van der Waals surface area contributed by atoms with Crippen molar-refractivity contribution in [1.82, 2.24) is 5.32 Å². The molecule has 19 heavy (non-hydrogen) atoms. The van der Waals surface area contributed by atoms with Crippen LogP contribution in [0.5, 0.6) is 0 Å². The van der Waals surface area contributed by atoms with Gasteiger partial charge in [0.2, 0.25) is 5.91 Å². The molecule has 1 aromatic carbocycles. The zero-order valence-electron chi connectivity index (χ0n) is 11.9. The predicted molar refractivity (Wildman–Crippen MR) is 77.6 cm³/mol. The summed E-state index contributed by atoms with van der Waals surface area (Å²) in [5.41, 5.74) is 6.04. The fourth-order valence-electron chi connectivity index (χ4n) is 2.78. The second kappa shape index (κ2) is 5.33. The minimum Gasteiger partial charge on any atom is -0.349 e. The van der Waals surface area contributed by atoms with E-state index in [4.69, 9.17) is 5.73 Å². The molecule has 0 aromatic heterocycles. The second-order valence-electron chi connectivity index (χ2n) is 6.14. The molecule has 2 rings (SSSR count). The van der Waals surface area contributed by atoms with E-state index in [9.17, 15) is 4.79 Å². The fourth-order valence-corrected chi connectivity index (χ4v) is 2.78. The van der Waals surface area contributed by atoms with Crippen molar-refractivity contribution in [2.75, 3.05) is 0 Å². The third kappa shape index (κ3) is 3.16. The van der Waals surface area contributed by atoms with Gasteiger partial charge in [-0.15, -0.1) is 0 Å². The summed E-state index contributed by atoms with van der Waals surface area (Å²) in [6.45, 7) is 3.91. The van der Waals surface area contributed by atoms with Gasteiger partial charge in [0.15, 0.2) is 0 Å². The van der Waals surface area contributed by atoms with Gasteiger partial charge in [-0.1, -0.05) is 49.6 Å². The molecular weight excluding hydrogens is 236 g/mol. The van der Waals surface area contributed by atoms with E-state index in [2.05, 4.69) is 12.2 Å². The Morgan fingerprint density at radius 3 is 2.37 bits per heavy atom. The molecule has 1 fully saturated rings. The molecule has 1 atom stereocenters. The molecular formula is C16H24N2O. The topological polar surface area (TPSA) is 55.1 Å². The highest BCUT2D eigenvalue weighted by molar-refractivity contribution is 5.87. The lowest BCUT2D eigenvalue weighted by molar-refractivity contribution is -0.128. The monoisotopic (exact) mass is 260 g/mol. The fraction of sp³-hybridized carbons (Fsp3) is 0.562. The lowest BCUT2D eigenvalue weighted by atomic mass is 9.82.